The SMILES string of the molecule is CC/C(C)=N\OSC. The normalized spacial score (nSPS) is 11.6. The van der Waals surface area contributed by atoms with E-state index >= 15 is 0 Å². The first-order chi connectivity index (χ1) is 3.81. The summed E-state index contributed by atoms with van der Waals surface area (Å²) >= 11 is 1.26. The molecule has 0 aromatic rings. The Morgan fingerprint density at radius 3 is 2.75 bits per heavy atom. The molecule has 0 N–H and O–H groups in total. The monoisotopic (exact) mass is 133 g/mol. The minimum Gasteiger partial charge on any atom is -0.323 e. The second-order valence-corrected chi connectivity index (χ2v) is 1.90. The first-order valence-corrected chi connectivity index (χ1v) is 3.69. The highest BCUT2D eigenvalue weighted by atomic mass is 32.2. The van der Waals surface area contributed by atoms with Crippen molar-refractivity contribution in [3.63, 3.8) is 0 Å². The van der Waals surface area contributed by atoms with Crippen molar-refractivity contribution in [2.45, 2.75) is 20.3 Å². The van der Waals surface area contributed by atoms with E-state index in [0.29, 0.717) is 0 Å². The van der Waals surface area contributed by atoms with E-state index in [1.807, 2.05) is 20.1 Å². The second-order valence-electron chi connectivity index (χ2n) is 1.42. The van der Waals surface area contributed by atoms with Gasteiger partial charge in [-0.3, -0.25) is 0 Å². The molecule has 0 saturated carbocycles. The number of oxime groups is 1. The summed E-state index contributed by atoms with van der Waals surface area (Å²) in [6.07, 6.45) is 2.80. The lowest BCUT2D eigenvalue weighted by Gasteiger charge is -1.91. The average Bonchev–Trinajstić information content (AvgIpc) is 1.83. The molecule has 0 unspecified atom stereocenters. The van der Waals surface area contributed by atoms with Gasteiger partial charge in [-0.25, -0.2) is 0 Å². The molecule has 3 heteroatoms. The van der Waals surface area contributed by atoms with Crippen LogP contribution in [0.15, 0.2) is 5.16 Å². The van der Waals surface area contributed by atoms with E-state index in [4.69, 9.17) is 4.28 Å². The van der Waals surface area contributed by atoms with Crippen molar-refractivity contribution in [2.24, 2.45) is 5.16 Å². The van der Waals surface area contributed by atoms with Crippen LogP contribution in [0, 0.1) is 0 Å². The van der Waals surface area contributed by atoms with Crippen LogP contribution < -0.4 is 0 Å². The maximum atomic E-state index is 4.69. The first kappa shape index (κ1) is 7.82. The molecule has 2 nitrogen and oxygen atoms in total. The molecule has 0 aromatic heterocycles. The van der Waals surface area contributed by atoms with Crippen LogP contribution in [-0.2, 0) is 4.28 Å². The van der Waals surface area contributed by atoms with Crippen molar-refractivity contribution in [2.75, 3.05) is 6.26 Å². The molecular formula is C5H11NOS. The van der Waals surface area contributed by atoms with Gasteiger partial charge in [0.15, 0.2) is 0 Å². The van der Waals surface area contributed by atoms with Crippen molar-refractivity contribution in [3.8, 4) is 0 Å². The molecule has 8 heavy (non-hydrogen) atoms. The van der Waals surface area contributed by atoms with Crippen molar-refractivity contribution in [1.29, 1.82) is 0 Å². The maximum Gasteiger partial charge on any atom is 0.0842 e. The first-order valence-electron chi connectivity index (χ1n) is 2.54. The minimum absolute atomic E-state index is 0.959. The van der Waals surface area contributed by atoms with Crippen LogP contribution in [0.3, 0.4) is 0 Å². The highest BCUT2D eigenvalue weighted by Crippen LogP contribution is 1.96. The van der Waals surface area contributed by atoms with Gasteiger partial charge in [0.05, 0.1) is 17.8 Å². The Morgan fingerprint density at radius 1 is 1.75 bits per heavy atom. The van der Waals surface area contributed by atoms with E-state index in [2.05, 4.69) is 5.16 Å². The number of nitrogens with zero attached hydrogens (tertiary/aromatic N) is 1. The summed E-state index contributed by atoms with van der Waals surface area (Å²) in [5.41, 5.74) is 1.03. The Labute approximate surface area is 54.5 Å². The van der Waals surface area contributed by atoms with Gasteiger partial charge < -0.3 is 4.28 Å². The molecule has 0 spiro atoms. The zero-order valence-corrected chi connectivity index (χ0v) is 6.29. The average molecular weight is 133 g/mol. The number of rotatable bonds is 3. The van der Waals surface area contributed by atoms with E-state index < -0.39 is 0 Å². The predicted octanol–water partition coefficient (Wildman–Crippen LogP) is 2.07. The van der Waals surface area contributed by atoms with Gasteiger partial charge in [0.1, 0.15) is 0 Å². The number of hydrogen-bond acceptors (Lipinski definition) is 3. The summed E-state index contributed by atoms with van der Waals surface area (Å²) in [7, 11) is 0. The van der Waals surface area contributed by atoms with Gasteiger partial charge in [-0.1, -0.05) is 12.1 Å². The fourth-order valence-corrected chi connectivity index (χ4v) is 0.367. The minimum atomic E-state index is 0.959. The van der Waals surface area contributed by atoms with E-state index in [1.165, 1.54) is 12.0 Å². The highest BCUT2D eigenvalue weighted by Gasteiger charge is 1.82. The topological polar surface area (TPSA) is 21.6 Å². The van der Waals surface area contributed by atoms with Gasteiger partial charge in [-0.05, 0) is 13.3 Å². The molecule has 0 amide bonds. The van der Waals surface area contributed by atoms with Gasteiger partial charge in [0, 0.05) is 6.26 Å². The molecule has 0 saturated heterocycles. The lowest BCUT2D eigenvalue weighted by atomic mass is 10.3. The lowest BCUT2D eigenvalue weighted by molar-refractivity contribution is 0.405. The zero-order chi connectivity index (χ0) is 6.41. The summed E-state index contributed by atoms with van der Waals surface area (Å²) in [5, 5.41) is 3.74. The molecule has 0 aliphatic carbocycles. The third-order valence-electron chi connectivity index (χ3n) is 0.779. The summed E-state index contributed by atoms with van der Waals surface area (Å²) in [4.78, 5) is 0. The third-order valence-corrected chi connectivity index (χ3v) is 1.00. The second kappa shape index (κ2) is 4.97. The van der Waals surface area contributed by atoms with Crippen LogP contribution in [-0.4, -0.2) is 12.0 Å². The van der Waals surface area contributed by atoms with Crippen LogP contribution in [0.2, 0.25) is 0 Å². The van der Waals surface area contributed by atoms with Crippen molar-refractivity contribution < 1.29 is 4.28 Å². The maximum absolute atomic E-state index is 4.69. The molecule has 0 aromatic carbocycles. The van der Waals surface area contributed by atoms with Gasteiger partial charge >= 0.3 is 0 Å². The zero-order valence-electron chi connectivity index (χ0n) is 5.47. The molecule has 0 aliphatic heterocycles. The lowest BCUT2D eigenvalue weighted by Crippen LogP contribution is -1.85. The Balaban J connectivity index is 3.26. The molecule has 0 bridgehead atoms. The largest absolute Gasteiger partial charge is 0.323 e. The van der Waals surface area contributed by atoms with Crippen LogP contribution in [0.5, 0.6) is 0 Å². The summed E-state index contributed by atoms with van der Waals surface area (Å²) in [5.74, 6) is 0. The summed E-state index contributed by atoms with van der Waals surface area (Å²) in [6.45, 7) is 3.98. The Morgan fingerprint density at radius 2 is 2.38 bits per heavy atom. The van der Waals surface area contributed by atoms with Gasteiger partial charge in [0.25, 0.3) is 0 Å². The van der Waals surface area contributed by atoms with E-state index in [9.17, 15) is 0 Å². The van der Waals surface area contributed by atoms with Gasteiger partial charge in [-0.15, -0.1) is 0 Å². The van der Waals surface area contributed by atoms with E-state index in [0.717, 1.165) is 12.1 Å². The predicted molar refractivity (Wildman–Crippen MR) is 38.0 cm³/mol. The van der Waals surface area contributed by atoms with Crippen molar-refractivity contribution in [1.82, 2.24) is 0 Å². The molecule has 48 valence electrons. The molecule has 0 fully saturated rings. The Bertz CT molecular complexity index is 82.5. The molecule has 0 rings (SSSR count). The van der Waals surface area contributed by atoms with Crippen LogP contribution in [0.1, 0.15) is 20.3 Å². The van der Waals surface area contributed by atoms with Gasteiger partial charge in [-0.2, -0.15) is 0 Å². The van der Waals surface area contributed by atoms with E-state index in [-0.39, 0.29) is 0 Å². The third kappa shape index (κ3) is 3.99. The molecule has 0 radical (unpaired) electrons. The van der Waals surface area contributed by atoms with Crippen LogP contribution in [0.4, 0.5) is 0 Å². The molecule has 0 aliphatic rings. The summed E-state index contributed by atoms with van der Waals surface area (Å²) < 4.78 is 4.69. The van der Waals surface area contributed by atoms with Crippen molar-refractivity contribution in [3.05, 3.63) is 0 Å². The molecular weight excluding hydrogens is 122 g/mol. The highest BCUT2D eigenvalue weighted by molar-refractivity contribution is 7.93. The fraction of sp³-hybridized carbons (Fsp3) is 0.800. The molecule has 0 atom stereocenters. The van der Waals surface area contributed by atoms with Crippen LogP contribution in [0.25, 0.3) is 0 Å². The Kier molecular flexibility index (Phi) is 4.85. The molecule has 0 heterocycles. The van der Waals surface area contributed by atoms with Crippen LogP contribution >= 0.6 is 12.0 Å². The standard InChI is InChI=1S/C5H11NOS/c1-4-5(2)6-7-8-3/h4H2,1-3H3/b6-5-. The Hall–Kier alpha value is -0.180. The quantitative estimate of drug-likeness (QED) is 0.334. The van der Waals surface area contributed by atoms with Gasteiger partial charge in [0.2, 0.25) is 0 Å². The summed E-state index contributed by atoms with van der Waals surface area (Å²) in [6, 6.07) is 0. The van der Waals surface area contributed by atoms with Crippen molar-refractivity contribution >= 4 is 17.8 Å². The number of hydrogen-bond donors (Lipinski definition) is 0. The smallest absolute Gasteiger partial charge is 0.0842 e. The van der Waals surface area contributed by atoms with E-state index in [1.54, 1.807) is 0 Å². The fourth-order valence-electron chi connectivity index (χ4n) is 0.165.